The summed E-state index contributed by atoms with van der Waals surface area (Å²) in [7, 11) is 4.07. The monoisotopic (exact) mass is 253 g/mol. The van der Waals surface area contributed by atoms with Gasteiger partial charge in [-0.2, -0.15) is 5.26 Å². The van der Waals surface area contributed by atoms with Crippen LogP contribution < -0.4 is 5.32 Å². The third-order valence-electron chi connectivity index (χ3n) is 4.22. The van der Waals surface area contributed by atoms with Crippen molar-refractivity contribution in [3.05, 3.63) is 0 Å². The molecule has 0 aliphatic carbocycles. The summed E-state index contributed by atoms with van der Waals surface area (Å²) in [6.07, 6.45) is 5.13. The normalized spacial score (nSPS) is 20.6. The van der Waals surface area contributed by atoms with E-state index in [1.54, 1.807) is 0 Å². The van der Waals surface area contributed by atoms with Crippen LogP contribution in [-0.2, 0) is 4.74 Å². The molecule has 1 fully saturated rings. The molecule has 1 unspecified atom stereocenters. The van der Waals surface area contributed by atoms with E-state index in [1.807, 2.05) is 7.05 Å². The number of ether oxygens (including phenoxy) is 1. The van der Waals surface area contributed by atoms with Gasteiger partial charge < -0.3 is 15.0 Å². The highest BCUT2D eigenvalue weighted by Gasteiger charge is 2.25. The standard InChI is InChI=1S/C14H27N3O/c1-4-14(12-15,16-2)8-5-9-17(3)13-6-10-18-11-7-13/h13,16H,4-11H2,1-3H3. The number of nitriles is 1. The molecular formula is C14H27N3O. The Morgan fingerprint density at radius 2 is 2.11 bits per heavy atom. The van der Waals surface area contributed by atoms with Gasteiger partial charge in [-0.1, -0.05) is 6.92 Å². The highest BCUT2D eigenvalue weighted by atomic mass is 16.5. The van der Waals surface area contributed by atoms with Crippen LogP contribution >= 0.6 is 0 Å². The quantitative estimate of drug-likeness (QED) is 0.751. The number of hydrogen-bond acceptors (Lipinski definition) is 4. The van der Waals surface area contributed by atoms with Crippen LogP contribution in [0.1, 0.15) is 39.0 Å². The summed E-state index contributed by atoms with van der Waals surface area (Å²) >= 11 is 0. The predicted octanol–water partition coefficient (Wildman–Crippen LogP) is 1.77. The molecule has 4 heteroatoms. The maximum Gasteiger partial charge on any atom is 0.106 e. The number of rotatable bonds is 7. The first-order chi connectivity index (χ1) is 8.67. The van der Waals surface area contributed by atoms with Gasteiger partial charge in [0.05, 0.1) is 6.07 Å². The Kier molecular flexibility index (Phi) is 6.62. The fraction of sp³-hybridized carbons (Fsp3) is 0.929. The molecule has 0 saturated carbocycles. The minimum atomic E-state index is -0.337. The number of hydrogen-bond donors (Lipinski definition) is 1. The van der Waals surface area contributed by atoms with E-state index < -0.39 is 0 Å². The molecule has 18 heavy (non-hydrogen) atoms. The molecule has 1 aliphatic heterocycles. The predicted molar refractivity (Wildman–Crippen MR) is 73.4 cm³/mol. The van der Waals surface area contributed by atoms with Crippen molar-refractivity contribution in [3.8, 4) is 6.07 Å². The van der Waals surface area contributed by atoms with Crippen molar-refractivity contribution in [3.63, 3.8) is 0 Å². The van der Waals surface area contributed by atoms with E-state index in [-0.39, 0.29) is 5.54 Å². The topological polar surface area (TPSA) is 48.3 Å². The maximum absolute atomic E-state index is 9.25. The van der Waals surface area contributed by atoms with E-state index >= 15 is 0 Å². The smallest absolute Gasteiger partial charge is 0.106 e. The van der Waals surface area contributed by atoms with Crippen molar-refractivity contribution < 1.29 is 4.74 Å². The highest BCUT2D eigenvalue weighted by Crippen LogP contribution is 2.18. The molecule has 0 aromatic heterocycles. The summed E-state index contributed by atoms with van der Waals surface area (Å²) in [4.78, 5) is 2.43. The van der Waals surface area contributed by atoms with Gasteiger partial charge in [-0.3, -0.25) is 0 Å². The molecule has 0 aromatic carbocycles. The first-order valence-corrected chi connectivity index (χ1v) is 7.05. The van der Waals surface area contributed by atoms with Crippen molar-refractivity contribution >= 4 is 0 Å². The molecule has 104 valence electrons. The molecule has 0 spiro atoms. The van der Waals surface area contributed by atoms with Gasteiger partial charge in [0.1, 0.15) is 5.54 Å². The SMILES string of the molecule is CCC(C#N)(CCCN(C)C1CCOCC1)NC. The minimum Gasteiger partial charge on any atom is -0.381 e. The highest BCUT2D eigenvalue weighted by molar-refractivity contribution is 5.05. The average molecular weight is 253 g/mol. The first kappa shape index (κ1) is 15.4. The summed E-state index contributed by atoms with van der Waals surface area (Å²) in [6.45, 7) is 4.92. The molecule has 1 N–H and O–H groups in total. The van der Waals surface area contributed by atoms with Gasteiger partial charge in [-0.15, -0.1) is 0 Å². The van der Waals surface area contributed by atoms with Gasteiger partial charge in [-0.05, 0) is 52.7 Å². The summed E-state index contributed by atoms with van der Waals surface area (Å²) in [5.74, 6) is 0. The fourth-order valence-corrected chi connectivity index (χ4v) is 2.61. The second-order valence-corrected chi connectivity index (χ2v) is 5.23. The molecule has 1 rings (SSSR count). The van der Waals surface area contributed by atoms with Crippen LogP contribution in [0.5, 0.6) is 0 Å². The zero-order valence-corrected chi connectivity index (χ0v) is 12.0. The lowest BCUT2D eigenvalue weighted by Crippen LogP contribution is -2.42. The van der Waals surface area contributed by atoms with Crippen LogP contribution in [-0.4, -0.2) is 50.3 Å². The lowest BCUT2D eigenvalue weighted by atomic mass is 9.92. The fourth-order valence-electron chi connectivity index (χ4n) is 2.61. The molecular weight excluding hydrogens is 226 g/mol. The third kappa shape index (κ3) is 4.24. The Morgan fingerprint density at radius 1 is 1.44 bits per heavy atom. The van der Waals surface area contributed by atoms with E-state index in [2.05, 4.69) is 30.3 Å². The van der Waals surface area contributed by atoms with Crippen LogP contribution in [0.4, 0.5) is 0 Å². The summed E-state index contributed by atoms with van der Waals surface area (Å²) in [5.41, 5.74) is -0.337. The largest absolute Gasteiger partial charge is 0.381 e. The second-order valence-electron chi connectivity index (χ2n) is 5.23. The van der Waals surface area contributed by atoms with Crippen LogP contribution in [0, 0.1) is 11.3 Å². The molecule has 0 amide bonds. The molecule has 0 aromatic rings. The molecule has 0 bridgehead atoms. The van der Waals surface area contributed by atoms with Crippen LogP contribution in [0.15, 0.2) is 0 Å². The van der Waals surface area contributed by atoms with Gasteiger partial charge in [0.15, 0.2) is 0 Å². The van der Waals surface area contributed by atoms with E-state index in [0.29, 0.717) is 6.04 Å². The molecule has 0 radical (unpaired) electrons. The zero-order chi connectivity index (χ0) is 13.4. The van der Waals surface area contributed by atoms with Gasteiger partial charge in [0.2, 0.25) is 0 Å². The Bertz CT molecular complexity index is 265. The number of nitrogens with one attached hydrogen (secondary N) is 1. The first-order valence-electron chi connectivity index (χ1n) is 7.05. The molecule has 4 nitrogen and oxygen atoms in total. The molecule has 1 heterocycles. The van der Waals surface area contributed by atoms with Crippen molar-refractivity contribution in [1.29, 1.82) is 5.26 Å². The Labute approximate surface area is 111 Å². The Balaban J connectivity index is 2.29. The lowest BCUT2D eigenvalue weighted by Gasteiger charge is -2.32. The second kappa shape index (κ2) is 7.73. The van der Waals surface area contributed by atoms with Crippen LogP contribution in [0.3, 0.4) is 0 Å². The van der Waals surface area contributed by atoms with E-state index in [0.717, 1.165) is 51.9 Å². The Hall–Kier alpha value is -0.630. The summed E-state index contributed by atoms with van der Waals surface area (Å²) < 4.78 is 5.38. The van der Waals surface area contributed by atoms with Crippen molar-refractivity contribution in [2.75, 3.05) is 33.9 Å². The van der Waals surface area contributed by atoms with Gasteiger partial charge in [0, 0.05) is 19.3 Å². The summed E-state index contributed by atoms with van der Waals surface area (Å²) in [6, 6.07) is 3.08. The molecule has 1 aliphatic rings. The van der Waals surface area contributed by atoms with E-state index in [9.17, 15) is 5.26 Å². The van der Waals surface area contributed by atoms with E-state index in [1.165, 1.54) is 0 Å². The third-order valence-corrected chi connectivity index (χ3v) is 4.22. The molecule has 1 atom stereocenters. The molecule has 1 saturated heterocycles. The van der Waals surface area contributed by atoms with Gasteiger partial charge in [0.25, 0.3) is 0 Å². The van der Waals surface area contributed by atoms with Crippen LogP contribution in [0.25, 0.3) is 0 Å². The lowest BCUT2D eigenvalue weighted by molar-refractivity contribution is 0.0422. The van der Waals surface area contributed by atoms with Crippen LogP contribution in [0.2, 0.25) is 0 Å². The maximum atomic E-state index is 9.25. The van der Waals surface area contributed by atoms with Gasteiger partial charge in [-0.25, -0.2) is 0 Å². The number of nitrogens with zero attached hydrogens (tertiary/aromatic N) is 2. The van der Waals surface area contributed by atoms with Crippen molar-refractivity contribution in [2.24, 2.45) is 0 Å². The van der Waals surface area contributed by atoms with Crippen molar-refractivity contribution in [2.45, 2.75) is 50.6 Å². The minimum absolute atomic E-state index is 0.337. The zero-order valence-electron chi connectivity index (χ0n) is 12.0. The van der Waals surface area contributed by atoms with Crippen molar-refractivity contribution in [1.82, 2.24) is 10.2 Å². The summed E-state index contributed by atoms with van der Waals surface area (Å²) in [5, 5.41) is 12.4. The van der Waals surface area contributed by atoms with E-state index in [4.69, 9.17) is 4.74 Å². The Morgan fingerprint density at radius 3 is 2.61 bits per heavy atom. The van der Waals surface area contributed by atoms with Gasteiger partial charge >= 0.3 is 0 Å². The average Bonchev–Trinajstić information content (AvgIpc) is 2.45.